The molecule has 0 aliphatic rings. The minimum Gasteiger partial charge on any atom is -0.464 e. The van der Waals surface area contributed by atoms with Crippen molar-refractivity contribution in [3.8, 4) is 5.69 Å². The maximum absolute atomic E-state index is 12.7. The van der Waals surface area contributed by atoms with Gasteiger partial charge in [-0.25, -0.2) is 14.5 Å². The lowest BCUT2D eigenvalue weighted by molar-refractivity contribution is -0.147. The van der Waals surface area contributed by atoms with E-state index in [0.29, 0.717) is 17.5 Å². The summed E-state index contributed by atoms with van der Waals surface area (Å²) in [7, 11) is 0. The lowest BCUT2D eigenvalue weighted by atomic mass is 10.2. The van der Waals surface area contributed by atoms with Crippen molar-refractivity contribution in [2.45, 2.75) is 26.3 Å². The number of para-hydroxylation sites is 1. The van der Waals surface area contributed by atoms with E-state index in [4.69, 9.17) is 4.74 Å². The van der Waals surface area contributed by atoms with Crippen LogP contribution in [-0.2, 0) is 9.53 Å². The van der Waals surface area contributed by atoms with E-state index in [1.165, 1.54) is 17.1 Å². The molecule has 0 radical (unpaired) electrons. The van der Waals surface area contributed by atoms with Gasteiger partial charge in [0.25, 0.3) is 5.56 Å². The minimum absolute atomic E-state index is 0.270. The second-order valence-electron chi connectivity index (χ2n) is 5.26. The molecule has 124 valence electrons. The maximum Gasteiger partial charge on any atom is 0.329 e. The van der Waals surface area contributed by atoms with Gasteiger partial charge in [0.15, 0.2) is 5.65 Å². The van der Waals surface area contributed by atoms with Crippen molar-refractivity contribution in [2.75, 3.05) is 6.61 Å². The summed E-state index contributed by atoms with van der Waals surface area (Å²) in [5.74, 6) is -0.432. The van der Waals surface area contributed by atoms with Crippen molar-refractivity contribution in [1.29, 1.82) is 0 Å². The second-order valence-corrected chi connectivity index (χ2v) is 5.26. The van der Waals surface area contributed by atoms with Crippen LogP contribution in [0.4, 0.5) is 0 Å². The number of esters is 1. The molecule has 0 aliphatic carbocycles. The molecule has 0 bridgehead atoms. The zero-order valence-electron chi connectivity index (χ0n) is 13.5. The quantitative estimate of drug-likeness (QED) is 0.671. The van der Waals surface area contributed by atoms with Gasteiger partial charge >= 0.3 is 5.97 Å². The van der Waals surface area contributed by atoms with Gasteiger partial charge in [0, 0.05) is 0 Å². The SMILES string of the molecule is CCOC(=O)[C@@H](CC)n1cnc2c(cnn2-c2ccccc2)c1=O. The number of nitrogens with zero attached hydrogens (tertiary/aromatic N) is 4. The smallest absolute Gasteiger partial charge is 0.329 e. The van der Waals surface area contributed by atoms with Crippen LogP contribution in [0, 0.1) is 0 Å². The number of rotatable bonds is 5. The Kier molecular flexibility index (Phi) is 4.41. The fraction of sp³-hybridized carbons (Fsp3) is 0.294. The third-order valence-electron chi connectivity index (χ3n) is 3.80. The Morgan fingerprint density at radius 3 is 2.67 bits per heavy atom. The first-order chi connectivity index (χ1) is 11.7. The molecule has 0 unspecified atom stereocenters. The molecule has 0 fully saturated rings. The van der Waals surface area contributed by atoms with Crippen LogP contribution in [0.2, 0.25) is 0 Å². The molecule has 1 atom stereocenters. The molecule has 7 nitrogen and oxygen atoms in total. The predicted octanol–water partition coefficient (Wildman–Crippen LogP) is 2.10. The van der Waals surface area contributed by atoms with E-state index in [1.54, 1.807) is 11.6 Å². The standard InChI is InChI=1S/C17H18N4O3/c1-3-14(17(23)24-4-2)20-11-18-15-13(16(20)22)10-19-21(15)12-8-6-5-7-9-12/h5-11,14H,3-4H2,1-2H3/t14-/m1/s1. The van der Waals surface area contributed by atoms with E-state index in [2.05, 4.69) is 10.1 Å². The molecular formula is C17H18N4O3. The summed E-state index contributed by atoms with van der Waals surface area (Å²) in [6.07, 6.45) is 3.31. The van der Waals surface area contributed by atoms with Crippen LogP contribution in [-0.4, -0.2) is 31.9 Å². The molecule has 0 saturated heterocycles. The number of hydrogen-bond acceptors (Lipinski definition) is 5. The molecule has 3 rings (SSSR count). The number of ether oxygens (including phenoxy) is 1. The fourth-order valence-corrected chi connectivity index (χ4v) is 2.62. The number of carbonyl (C=O) groups excluding carboxylic acids is 1. The molecule has 0 N–H and O–H groups in total. The zero-order chi connectivity index (χ0) is 17.1. The zero-order valence-corrected chi connectivity index (χ0v) is 13.5. The minimum atomic E-state index is -0.686. The highest BCUT2D eigenvalue weighted by Gasteiger charge is 2.23. The summed E-state index contributed by atoms with van der Waals surface area (Å²) < 4.78 is 7.96. The largest absolute Gasteiger partial charge is 0.464 e. The Morgan fingerprint density at radius 2 is 2.00 bits per heavy atom. The predicted molar refractivity (Wildman–Crippen MR) is 89.1 cm³/mol. The van der Waals surface area contributed by atoms with Crippen molar-refractivity contribution >= 4 is 17.0 Å². The monoisotopic (exact) mass is 326 g/mol. The average molecular weight is 326 g/mol. The van der Waals surface area contributed by atoms with Gasteiger partial charge < -0.3 is 4.74 Å². The van der Waals surface area contributed by atoms with Crippen LogP contribution in [0.5, 0.6) is 0 Å². The van der Waals surface area contributed by atoms with Crippen molar-refractivity contribution in [3.63, 3.8) is 0 Å². The molecule has 7 heteroatoms. The molecule has 0 aliphatic heterocycles. The van der Waals surface area contributed by atoms with Gasteiger partial charge in [-0.3, -0.25) is 9.36 Å². The van der Waals surface area contributed by atoms with E-state index in [9.17, 15) is 9.59 Å². The lowest BCUT2D eigenvalue weighted by Crippen LogP contribution is -2.31. The van der Waals surface area contributed by atoms with Crippen molar-refractivity contribution in [1.82, 2.24) is 19.3 Å². The second kappa shape index (κ2) is 6.66. The lowest BCUT2D eigenvalue weighted by Gasteiger charge is -2.16. The van der Waals surface area contributed by atoms with Gasteiger partial charge in [0.1, 0.15) is 17.8 Å². The maximum atomic E-state index is 12.7. The average Bonchev–Trinajstić information content (AvgIpc) is 3.03. The molecule has 0 saturated carbocycles. The number of aromatic nitrogens is 4. The number of benzene rings is 1. The van der Waals surface area contributed by atoms with E-state index in [0.717, 1.165) is 5.69 Å². The first-order valence-corrected chi connectivity index (χ1v) is 7.84. The summed E-state index contributed by atoms with van der Waals surface area (Å²) in [6, 6.07) is 8.76. The summed E-state index contributed by atoms with van der Waals surface area (Å²) in [5.41, 5.74) is 0.970. The van der Waals surface area contributed by atoms with Crippen LogP contribution in [0.25, 0.3) is 16.7 Å². The fourth-order valence-electron chi connectivity index (χ4n) is 2.62. The molecule has 3 aromatic rings. The van der Waals surface area contributed by atoms with Gasteiger partial charge in [-0.1, -0.05) is 25.1 Å². The first kappa shape index (κ1) is 15.9. The van der Waals surface area contributed by atoms with Crippen LogP contribution in [0.1, 0.15) is 26.3 Å². The van der Waals surface area contributed by atoms with Gasteiger partial charge in [-0.15, -0.1) is 0 Å². The summed E-state index contributed by atoms with van der Waals surface area (Å²) in [4.78, 5) is 29.1. The molecule has 0 amide bonds. The first-order valence-electron chi connectivity index (χ1n) is 7.84. The highest BCUT2D eigenvalue weighted by atomic mass is 16.5. The topological polar surface area (TPSA) is 79.0 Å². The van der Waals surface area contributed by atoms with Crippen LogP contribution in [0.3, 0.4) is 0 Å². The Hall–Kier alpha value is -2.96. The molecule has 0 spiro atoms. The summed E-state index contributed by atoms with van der Waals surface area (Å²) in [5, 5.41) is 4.62. The highest BCUT2D eigenvalue weighted by molar-refractivity contribution is 5.77. The third-order valence-corrected chi connectivity index (χ3v) is 3.80. The normalized spacial score (nSPS) is 12.2. The van der Waals surface area contributed by atoms with E-state index in [1.807, 2.05) is 37.3 Å². The van der Waals surface area contributed by atoms with E-state index >= 15 is 0 Å². The van der Waals surface area contributed by atoms with Crippen molar-refractivity contribution in [2.24, 2.45) is 0 Å². The number of hydrogen-bond donors (Lipinski definition) is 0. The van der Waals surface area contributed by atoms with Gasteiger partial charge in [-0.2, -0.15) is 5.10 Å². The number of fused-ring (bicyclic) bond motifs is 1. The van der Waals surface area contributed by atoms with Crippen molar-refractivity contribution < 1.29 is 9.53 Å². The molecule has 1 aromatic carbocycles. The Balaban J connectivity index is 2.10. The Bertz CT molecular complexity index is 914. The van der Waals surface area contributed by atoms with Crippen LogP contribution in [0.15, 0.2) is 47.7 Å². The highest BCUT2D eigenvalue weighted by Crippen LogP contribution is 2.16. The van der Waals surface area contributed by atoms with E-state index < -0.39 is 12.0 Å². The Morgan fingerprint density at radius 1 is 1.25 bits per heavy atom. The molecular weight excluding hydrogens is 308 g/mol. The molecule has 2 aromatic heterocycles. The number of carbonyl (C=O) groups is 1. The van der Waals surface area contributed by atoms with Crippen LogP contribution >= 0.6 is 0 Å². The summed E-state index contributed by atoms with van der Waals surface area (Å²) >= 11 is 0. The summed E-state index contributed by atoms with van der Waals surface area (Å²) in [6.45, 7) is 3.83. The van der Waals surface area contributed by atoms with Gasteiger partial charge in [0.2, 0.25) is 0 Å². The van der Waals surface area contributed by atoms with Crippen molar-refractivity contribution in [3.05, 3.63) is 53.2 Å². The molecule has 24 heavy (non-hydrogen) atoms. The van der Waals surface area contributed by atoms with Crippen LogP contribution < -0.4 is 5.56 Å². The third kappa shape index (κ3) is 2.68. The van der Waals surface area contributed by atoms with Gasteiger partial charge in [0.05, 0.1) is 18.5 Å². The Labute approximate surface area is 138 Å². The van der Waals surface area contributed by atoms with E-state index in [-0.39, 0.29) is 12.2 Å². The van der Waals surface area contributed by atoms with Gasteiger partial charge in [-0.05, 0) is 25.5 Å². The molecule has 2 heterocycles.